The number of rotatable bonds is 4. The number of aromatic nitrogens is 1. The van der Waals surface area contributed by atoms with Crippen molar-refractivity contribution < 1.29 is 9.53 Å². The first kappa shape index (κ1) is 10.7. The van der Waals surface area contributed by atoms with Gasteiger partial charge in [-0.05, 0) is 24.7 Å². The summed E-state index contributed by atoms with van der Waals surface area (Å²) in [4.78, 5) is 14.7. The van der Waals surface area contributed by atoms with Gasteiger partial charge in [0.15, 0.2) is 5.78 Å². The number of hydrogen-bond acceptors (Lipinski definition) is 3. The highest BCUT2D eigenvalue weighted by atomic mass is 16.5. The van der Waals surface area contributed by atoms with Gasteiger partial charge in [0.05, 0.1) is 12.8 Å². The molecule has 1 aromatic heterocycles. The predicted octanol–water partition coefficient (Wildman–Crippen LogP) is 1.71. The molecule has 1 aromatic carbocycles. The Morgan fingerprint density at radius 3 is 2.94 bits per heavy atom. The molecule has 0 saturated heterocycles. The predicted molar refractivity (Wildman–Crippen MR) is 62.9 cm³/mol. The highest BCUT2D eigenvalue weighted by molar-refractivity contribution is 5.99. The van der Waals surface area contributed by atoms with E-state index in [1.165, 1.54) is 0 Å². The van der Waals surface area contributed by atoms with Gasteiger partial charge in [0.25, 0.3) is 0 Å². The average molecular weight is 218 g/mol. The van der Waals surface area contributed by atoms with E-state index in [4.69, 9.17) is 10.5 Å². The Hall–Kier alpha value is -1.81. The number of H-pyrrole nitrogens is 1. The van der Waals surface area contributed by atoms with E-state index in [2.05, 4.69) is 4.98 Å². The monoisotopic (exact) mass is 218 g/mol. The summed E-state index contributed by atoms with van der Waals surface area (Å²) in [6.07, 6.45) is 0.365. The van der Waals surface area contributed by atoms with Gasteiger partial charge in [-0.25, -0.2) is 0 Å². The molecule has 0 spiro atoms. The highest BCUT2D eigenvalue weighted by Gasteiger charge is 2.08. The Balaban J connectivity index is 2.39. The van der Waals surface area contributed by atoms with Crippen molar-refractivity contribution in [3.8, 4) is 5.75 Å². The van der Waals surface area contributed by atoms with Crippen LogP contribution < -0.4 is 10.5 Å². The van der Waals surface area contributed by atoms with E-state index in [0.717, 1.165) is 16.7 Å². The molecule has 0 saturated carbocycles. The van der Waals surface area contributed by atoms with E-state index < -0.39 is 0 Å². The molecular weight excluding hydrogens is 204 g/mol. The Morgan fingerprint density at radius 2 is 2.25 bits per heavy atom. The molecule has 0 aliphatic carbocycles. The fraction of sp³-hybridized carbons (Fsp3) is 0.250. The summed E-state index contributed by atoms with van der Waals surface area (Å²) < 4.78 is 5.11. The number of nitrogens with one attached hydrogen (secondary N) is 1. The van der Waals surface area contributed by atoms with E-state index in [-0.39, 0.29) is 5.78 Å². The van der Waals surface area contributed by atoms with Crippen molar-refractivity contribution in [2.75, 3.05) is 13.7 Å². The molecule has 16 heavy (non-hydrogen) atoms. The Morgan fingerprint density at radius 1 is 1.44 bits per heavy atom. The van der Waals surface area contributed by atoms with Crippen LogP contribution in [0, 0.1) is 0 Å². The minimum atomic E-state index is 0.0395. The number of Topliss-reactive ketones (excluding diaryl/α,β-unsaturated/α-hetero) is 1. The normalized spacial score (nSPS) is 10.6. The molecule has 3 N–H and O–H groups in total. The number of methoxy groups -OCH3 is 1. The first-order chi connectivity index (χ1) is 7.74. The first-order valence-electron chi connectivity index (χ1n) is 5.14. The summed E-state index contributed by atoms with van der Waals surface area (Å²) in [5.74, 6) is 0.810. The maximum atomic E-state index is 11.6. The quantitative estimate of drug-likeness (QED) is 0.767. The van der Waals surface area contributed by atoms with Crippen LogP contribution in [0.4, 0.5) is 0 Å². The zero-order valence-corrected chi connectivity index (χ0v) is 9.12. The molecule has 4 nitrogen and oxygen atoms in total. The van der Waals surface area contributed by atoms with Gasteiger partial charge in [-0.15, -0.1) is 0 Å². The van der Waals surface area contributed by atoms with Crippen LogP contribution in [0.1, 0.15) is 16.9 Å². The van der Waals surface area contributed by atoms with Crippen molar-refractivity contribution >= 4 is 16.7 Å². The zero-order chi connectivity index (χ0) is 11.5. The van der Waals surface area contributed by atoms with Gasteiger partial charge >= 0.3 is 0 Å². The highest BCUT2D eigenvalue weighted by Crippen LogP contribution is 2.21. The lowest BCUT2D eigenvalue weighted by Gasteiger charge is -1.97. The van der Waals surface area contributed by atoms with Crippen molar-refractivity contribution in [2.45, 2.75) is 6.42 Å². The molecule has 84 valence electrons. The van der Waals surface area contributed by atoms with Crippen molar-refractivity contribution in [1.82, 2.24) is 4.98 Å². The Labute approximate surface area is 93.4 Å². The minimum Gasteiger partial charge on any atom is -0.497 e. The maximum Gasteiger partial charge on any atom is 0.180 e. The molecule has 0 aliphatic rings. The molecule has 0 aliphatic heterocycles. The van der Waals surface area contributed by atoms with Gasteiger partial charge in [0.1, 0.15) is 5.75 Å². The number of ketones is 1. The second-order valence-corrected chi connectivity index (χ2v) is 3.60. The standard InChI is InChI=1S/C12H14N2O2/c1-16-9-3-2-8-6-11(12(15)4-5-13)14-10(8)7-9/h2-3,6-7,14H,4-5,13H2,1H3. The van der Waals surface area contributed by atoms with Crippen LogP contribution in [0.3, 0.4) is 0 Å². The smallest absolute Gasteiger partial charge is 0.180 e. The molecule has 2 rings (SSSR count). The van der Waals surface area contributed by atoms with Crippen molar-refractivity contribution in [3.63, 3.8) is 0 Å². The van der Waals surface area contributed by atoms with Crippen molar-refractivity contribution in [2.24, 2.45) is 5.73 Å². The van der Waals surface area contributed by atoms with Crippen LogP contribution in [0.15, 0.2) is 24.3 Å². The van der Waals surface area contributed by atoms with Crippen LogP contribution in [0.25, 0.3) is 10.9 Å². The molecule has 2 aromatic rings. The van der Waals surface area contributed by atoms with Crippen LogP contribution in [0.2, 0.25) is 0 Å². The number of aromatic amines is 1. The van der Waals surface area contributed by atoms with Gasteiger partial charge in [-0.2, -0.15) is 0 Å². The zero-order valence-electron chi connectivity index (χ0n) is 9.12. The molecule has 4 heteroatoms. The number of nitrogens with two attached hydrogens (primary N) is 1. The van der Waals surface area contributed by atoms with E-state index in [1.54, 1.807) is 7.11 Å². The van der Waals surface area contributed by atoms with Crippen LogP contribution in [-0.2, 0) is 0 Å². The third-order valence-corrected chi connectivity index (χ3v) is 2.50. The summed E-state index contributed by atoms with van der Waals surface area (Å²) >= 11 is 0. The molecule has 1 heterocycles. The van der Waals surface area contributed by atoms with E-state index in [0.29, 0.717) is 18.7 Å². The topological polar surface area (TPSA) is 68.1 Å². The van der Waals surface area contributed by atoms with Crippen LogP contribution in [0.5, 0.6) is 5.75 Å². The Kier molecular flexibility index (Phi) is 2.92. The fourth-order valence-corrected chi connectivity index (χ4v) is 1.65. The number of ether oxygens (including phenoxy) is 1. The number of fused-ring (bicyclic) bond motifs is 1. The summed E-state index contributed by atoms with van der Waals surface area (Å²) in [5, 5.41) is 1.00. The van der Waals surface area contributed by atoms with Gasteiger partial charge in [-0.1, -0.05) is 0 Å². The maximum absolute atomic E-state index is 11.6. The summed E-state index contributed by atoms with van der Waals surface area (Å²) in [6, 6.07) is 7.50. The van der Waals surface area contributed by atoms with Crippen LogP contribution >= 0.6 is 0 Å². The fourth-order valence-electron chi connectivity index (χ4n) is 1.65. The molecule has 0 radical (unpaired) electrons. The van der Waals surface area contributed by atoms with Gasteiger partial charge in [0.2, 0.25) is 0 Å². The second-order valence-electron chi connectivity index (χ2n) is 3.60. The van der Waals surface area contributed by atoms with E-state index in [9.17, 15) is 4.79 Å². The third-order valence-electron chi connectivity index (χ3n) is 2.50. The lowest BCUT2D eigenvalue weighted by atomic mass is 10.2. The van der Waals surface area contributed by atoms with Crippen LogP contribution in [-0.4, -0.2) is 24.4 Å². The molecule has 0 atom stereocenters. The number of hydrogen-bond donors (Lipinski definition) is 2. The summed E-state index contributed by atoms with van der Waals surface area (Å²) in [5.41, 5.74) is 6.86. The van der Waals surface area contributed by atoms with Crippen molar-refractivity contribution in [3.05, 3.63) is 30.0 Å². The van der Waals surface area contributed by atoms with Gasteiger partial charge in [-0.3, -0.25) is 4.79 Å². The third kappa shape index (κ3) is 1.92. The first-order valence-corrected chi connectivity index (χ1v) is 5.14. The number of carbonyl (C=O) groups is 1. The lowest BCUT2D eigenvalue weighted by Crippen LogP contribution is -2.08. The van der Waals surface area contributed by atoms with Gasteiger partial charge in [0, 0.05) is 23.4 Å². The average Bonchev–Trinajstić information content (AvgIpc) is 2.71. The largest absolute Gasteiger partial charge is 0.497 e. The molecule has 0 amide bonds. The number of benzene rings is 1. The summed E-state index contributed by atoms with van der Waals surface area (Å²) in [7, 11) is 1.62. The van der Waals surface area contributed by atoms with E-state index in [1.807, 2.05) is 24.3 Å². The van der Waals surface area contributed by atoms with Crippen molar-refractivity contribution in [1.29, 1.82) is 0 Å². The molecular formula is C12H14N2O2. The summed E-state index contributed by atoms with van der Waals surface area (Å²) in [6.45, 7) is 0.373. The molecule has 0 bridgehead atoms. The SMILES string of the molecule is COc1ccc2cc(C(=O)CCN)[nH]c2c1. The lowest BCUT2D eigenvalue weighted by molar-refractivity contribution is 0.0981. The minimum absolute atomic E-state index is 0.0395. The van der Waals surface area contributed by atoms with Gasteiger partial charge < -0.3 is 15.5 Å². The number of carbonyl (C=O) groups excluding carboxylic acids is 1. The second kappa shape index (κ2) is 4.37. The molecule has 0 unspecified atom stereocenters. The molecule has 0 fully saturated rings. The van der Waals surface area contributed by atoms with E-state index >= 15 is 0 Å². The Bertz CT molecular complexity index is 517.